The molecule has 1 aromatic carbocycles. The van der Waals surface area contributed by atoms with Crippen LogP contribution in [0.3, 0.4) is 0 Å². The Labute approximate surface area is 152 Å². The highest BCUT2D eigenvalue weighted by Gasteiger charge is 2.22. The van der Waals surface area contributed by atoms with Gasteiger partial charge in [-0.15, -0.1) is 12.4 Å². The first-order valence-corrected chi connectivity index (χ1v) is 8.39. The number of aromatic nitrogens is 2. The van der Waals surface area contributed by atoms with E-state index < -0.39 is 0 Å². The summed E-state index contributed by atoms with van der Waals surface area (Å²) in [6, 6.07) is 10.6. The van der Waals surface area contributed by atoms with Gasteiger partial charge in [-0.1, -0.05) is 51.1 Å². The average molecular weight is 351 g/mol. The highest BCUT2D eigenvalue weighted by Crippen LogP contribution is 2.25. The molecule has 2 rings (SSSR count). The smallest absolute Gasteiger partial charge is 0.0722 e. The average Bonchev–Trinajstić information content (AvgIpc) is 2.87. The van der Waals surface area contributed by atoms with Gasteiger partial charge in [0.05, 0.1) is 5.69 Å². The fraction of sp³-hybridized carbons (Fsp3) is 0.526. The van der Waals surface area contributed by atoms with Crippen molar-refractivity contribution in [3.63, 3.8) is 0 Å². The van der Waals surface area contributed by atoms with E-state index in [0.717, 1.165) is 26.1 Å². The maximum atomic E-state index is 5.82. The largest absolute Gasteiger partial charge is 0.329 e. The maximum absolute atomic E-state index is 5.82. The third kappa shape index (κ3) is 5.93. The topological polar surface area (TPSA) is 47.1 Å². The molecule has 0 saturated heterocycles. The zero-order chi connectivity index (χ0) is 16.9. The highest BCUT2D eigenvalue weighted by molar-refractivity contribution is 5.85. The van der Waals surface area contributed by atoms with E-state index in [4.69, 9.17) is 5.73 Å². The van der Waals surface area contributed by atoms with Crippen LogP contribution in [0.4, 0.5) is 0 Å². The number of hydrogen-bond acceptors (Lipinski definition) is 3. The monoisotopic (exact) mass is 350 g/mol. The van der Waals surface area contributed by atoms with Crippen molar-refractivity contribution in [3.05, 3.63) is 53.3 Å². The van der Waals surface area contributed by atoms with Crippen molar-refractivity contribution in [1.82, 2.24) is 14.7 Å². The third-order valence-electron chi connectivity index (χ3n) is 4.01. The summed E-state index contributed by atoms with van der Waals surface area (Å²) in [7, 11) is 2.00. The van der Waals surface area contributed by atoms with Crippen molar-refractivity contribution in [2.24, 2.45) is 12.8 Å². The summed E-state index contributed by atoms with van der Waals surface area (Å²) >= 11 is 0. The van der Waals surface area contributed by atoms with Crippen molar-refractivity contribution in [2.75, 3.05) is 19.6 Å². The predicted octanol–water partition coefficient (Wildman–Crippen LogP) is 3.14. The molecule has 5 heteroatoms. The van der Waals surface area contributed by atoms with Crippen LogP contribution in [0.2, 0.25) is 0 Å². The molecular formula is C19H31ClN4. The van der Waals surface area contributed by atoms with Gasteiger partial charge in [-0.2, -0.15) is 5.10 Å². The fourth-order valence-electron chi connectivity index (χ4n) is 2.91. The Morgan fingerprint density at radius 2 is 1.79 bits per heavy atom. The van der Waals surface area contributed by atoms with Gasteiger partial charge < -0.3 is 5.73 Å². The standard InChI is InChI=1S/C19H30N4.ClH/c1-19(2,3)18-17(14-22(4)21-18)15-23(13-11-20)12-10-16-8-6-5-7-9-16;/h5-9,14H,10-13,15,20H2,1-4H3;1H. The SMILES string of the molecule is Cl.Cn1cc(CN(CCN)CCc2ccccc2)c(C(C)(C)C)n1. The second kappa shape index (κ2) is 9.21. The molecule has 2 aromatic rings. The van der Waals surface area contributed by atoms with E-state index in [9.17, 15) is 0 Å². The number of nitrogens with zero attached hydrogens (tertiary/aromatic N) is 3. The minimum atomic E-state index is 0. The lowest BCUT2D eigenvalue weighted by Gasteiger charge is -2.24. The van der Waals surface area contributed by atoms with Gasteiger partial charge in [0, 0.05) is 50.4 Å². The molecule has 0 saturated carbocycles. The molecule has 0 amide bonds. The summed E-state index contributed by atoms with van der Waals surface area (Å²) in [6.07, 6.45) is 3.19. The molecule has 0 radical (unpaired) electrons. The van der Waals surface area contributed by atoms with Gasteiger partial charge in [-0.25, -0.2) is 0 Å². The van der Waals surface area contributed by atoms with E-state index in [-0.39, 0.29) is 17.8 Å². The Morgan fingerprint density at radius 1 is 1.12 bits per heavy atom. The molecule has 0 fully saturated rings. The number of aryl methyl sites for hydroxylation is 1. The molecule has 24 heavy (non-hydrogen) atoms. The summed E-state index contributed by atoms with van der Waals surface area (Å²) in [5.41, 5.74) is 9.74. The van der Waals surface area contributed by atoms with Crippen molar-refractivity contribution in [2.45, 2.75) is 39.2 Å². The van der Waals surface area contributed by atoms with Crippen LogP contribution in [-0.2, 0) is 25.4 Å². The van der Waals surface area contributed by atoms with E-state index in [1.807, 2.05) is 11.7 Å². The Bertz CT molecular complexity index is 602. The first kappa shape index (κ1) is 20.7. The molecule has 1 aromatic heterocycles. The van der Waals surface area contributed by atoms with Crippen molar-refractivity contribution < 1.29 is 0 Å². The van der Waals surface area contributed by atoms with Gasteiger partial charge in [0.25, 0.3) is 0 Å². The molecule has 2 N–H and O–H groups in total. The van der Waals surface area contributed by atoms with E-state index >= 15 is 0 Å². The molecule has 0 aliphatic rings. The molecule has 134 valence electrons. The van der Waals surface area contributed by atoms with Crippen LogP contribution in [0.15, 0.2) is 36.5 Å². The maximum Gasteiger partial charge on any atom is 0.0722 e. The number of halogens is 1. The molecule has 1 heterocycles. The molecule has 0 bridgehead atoms. The number of rotatable bonds is 7. The lowest BCUT2D eigenvalue weighted by molar-refractivity contribution is 0.274. The van der Waals surface area contributed by atoms with Gasteiger partial charge in [-0.05, 0) is 12.0 Å². The molecule has 0 atom stereocenters. The lowest BCUT2D eigenvalue weighted by Crippen LogP contribution is -2.31. The van der Waals surface area contributed by atoms with E-state index in [2.05, 4.69) is 67.3 Å². The normalized spacial score (nSPS) is 11.6. The van der Waals surface area contributed by atoms with Crippen LogP contribution >= 0.6 is 12.4 Å². The molecule has 0 aliphatic carbocycles. The summed E-state index contributed by atoms with van der Waals surface area (Å²) in [5, 5.41) is 4.67. The van der Waals surface area contributed by atoms with Gasteiger partial charge in [0.1, 0.15) is 0 Å². The van der Waals surface area contributed by atoms with E-state index in [1.54, 1.807) is 0 Å². The Balaban J connectivity index is 0.00000288. The quantitative estimate of drug-likeness (QED) is 0.834. The van der Waals surface area contributed by atoms with Crippen molar-refractivity contribution >= 4 is 12.4 Å². The summed E-state index contributed by atoms with van der Waals surface area (Å²) in [5.74, 6) is 0. The van der Waals surface area contributed by atoms with Gasteiger partial charge in [-0.3, -0.25) is 9.58 Å². The summed E-state index contributed by atoms with van der Waals surface area (Å²) in [6.45, 7) is 10.2. The lowest BCUT2D eigenvalue weighted by atomic mass is 9.89. The minimum absolute atomic E-state index is 0. The molecule has 4 nitrogen and oxygen atoms in total. The number of hydrogen-bond donors (Lipinski definition) is 1. The second-order valence-corrected chi connectivity index (χ2v) is 7.23. The highest BCUT2D eigenvalue weighted by atomic mass is 35.5. The van der Waals surface area contributed by atoms with Crippen LogP contribution < -0.4 is 5.73 Å². The number of benzene rings is 1. The zero-order valence-corrected chi connectivity index (χ0v) is 16.1. The second-order valence-electron chi connectivity index (χ2n) is 7.23. The van der Waals surface area contributed by atoms with Gasteiger partial charge >= 0.3 is 0 Å². The Morgan fingerprint density at radius 3 is 2.38 bits per heavy atom. The molecule has 0 aliphatic heterocycles. The minimum Gasteiger partial charge on any atom is -0.329 e. The molecular weight excluding hydrogens is 320 g/mol. The van der Waals surface area contributed by atoms with E-state index in [1.165, 1.54) is 16.8 Å². The summed E-state index contributed by atoms with van der Waals surface area (Å²) < 4.78 is 1.92. The molecule has 0 unspecified atom stereocenters. The Kier molecular flexibility index (Phi) is 7.94. The van der Waals surface area contributed by atoms with Crippen LogP contribution in [0.5, 0.6) is 0 Å². The summed E-state index contributed by atoms with van der Waals surface area (Å²) in [4.78, 5) is 2.43. The molecule has 0 spiro atoms. The van der Waals surface area contributed by atoms with Gasteiger partial charge in [0.2, 0.25) is 0 Å². The first-order chi connectivity index (χ1) is 10.9. The third-order valence-corrected chi connectivity index (χ3v) is 4.01. The van der Waals surface area contributed by atoms with E-state index in [0.29, 0.717) is 6.54 Å². The van der Waals surface area contributed by atoms with Crippen LogP contribution in [0.25, 0.3) is 0 Å². The van der Waals surface area contributed by atoms with Crippen molar-refractivity contribution in [3.8, 4) is 0 Å². The fourth-order valence-corrected chi connectivity index (χ4v) is 2.91. The Hall–Kier alpha value is -1.36. The first-order valence-electron chi connectivity index (χ1n) is 8.39. The van der Waals surface area contributed by atoms with Crippen LogP contribution in [0, 0.1) is 0 Å². The van der Waals surface area contributed by atoms with Gasteiger partial charge in [0.15, 0.2) is 0 Å². The zero-order valence-electron chi connectivity index (χ0n) is 15.3. The number of nitrogens with two attached hydrogens (primary N) is 1. The van der Waals surface area contributed by atoms with Crippen LogP contribution in [0.1, 0.15) is 37.6 Å². The van der Waals surface area contributed by atoms with Crippen molar-refractivity contribution in [1.29, 1.82) is 0 Å². The van der Waals surface area contributed by atoms with Crippen LogP contribution in [-0.4, -0.2) is 34.3 Å². The predicted molar refractivity (Wildman–Crippen MR) is 104 cm³/mol.